The second-order valence-electron chi connectivity index (χ2n) is 5.00. The second-order valence-corrected chi connectivity index (χ2v) is 6.70. The van der Waals surface area contributed by atoms with Gasteiger partial charge in [0.25, 0.3) is 0 Å². The number of amides is 1. The summed E-state index contributed by atoms with van der Waals surface area (Å²) in [7, 11) is -3.61. The standard InChI is InChI=1S/C12H20N4O3S/c1-9-12(10(2)15-14-9)20(18,19)13-6-5-11(17)16-7-3-4-8-16/h13H,3-8H2,1-2H3,(H,14,15). The van der Waals surface area contributed by atoms with Gasteiger partial charge in [-0.25, -0.2) is 13.1 Å². The maximum Gasteiger partial charge on any atom is 0.244 e. The predicted octanol–water partition coefficient (Wildman–Crippen LogP) is 0.317. The lowest BCUT2D eigenvalue weighted by Crippen LogP contribution is -2.33. The Morgan fingerprint density at radius 3 is 2.55 bits per heavy atom. The molecule has 20 heavy (non-hydrogen) atoms. The van der Waals surface area contributed by atoms with Crippen LogP contribution in [0.4, 0.5) is 0 Å². The number of hydrogen-bond donors (Lipinski definition) is 2. The molecule has 0 atom stereocenters. The molecule has 1 fully saturated rings. The lowest BCUT2D eigenvalue weighted by Gasteiger charge is -2.15. The number of hydrogen-bond acceptors (Lipinski definition) is 4. The van der Waals surface area contributed by atoms with Crippen LogP contribution in [0.3, 0.4) is 0 Å². The van der Waals surface area contributed by atoms with Gasteiger partial charge in [0.15, 0.2) is 0 Å². The largest absolute Gasteiger partial charge is 0.343 e. The molecule has 0 aliphatic carbocycles. The normalized spacial score (nSPS) is 15.8. The van der Waals surface area contributed by atoms with E-state index in [2.05, 4.69) is 14.9 Å². The molecule has 1 saturated heterocycles. The van der Waals surface area contributed by atoms with E-state index in [9.17, 15) is 13.2 Å². The number of nitrogens with zero attached hydrogens (tertiary/aromatic N) is 2. The van der Waals surface area contributed by atoms with E-state index in [1.165, 1.54) is 0 Å². The van der Waals surface area contributed by atoms with Gasteiger partial charge >= 0.3 is 0 Å². The molecule has 0 radical (unpaired) electrons. The van der Waals surface area contributed by atoms with Gasteiger partial charge in [-0.1, -0.05) is 0 Å². The first-order valence-electron chi connectivity index (χ1n) is 6.71. The first kappa shape index (κ1) is 15.0. The van der Waals surface area contributed by atoms with E-state index < -0.39 is 10.0 Å². The zero-order valence-corrected chi connectivity index (χ0v) is 12.6. The number of aromatic amines is 1. The Morgan fingerprint density at radius 1 is 1.35 bits per heavy atom. The van der Waals surface area contributed by atoms with Crippen molar-refractivity contribution >= 4 is 15.9 Å². The Labute approximate surface area is 118 Å². The molecular weight excluding hydrogens is 280 g/mol. The minimum atomic E-state index is -3.61. The van der Waals surface area contributed by atoms with Crippen molar-refractivity contribution in [3.8, 4) is 0 Å². The van der Waals surface area contributed by atoms with E-state index >= 15 is 0 Å². The lowest BCUT2D eigenvalue weighted by atomic mass is 10.4. The van der Waals surface area contributed by atoms with Gasteiger partial charge in [-0.15, -0.1) is 0 Å². The highest BCUT2D eigenvalue weighted by Crippen LogP contribution is 2.16. The third-order valence-electron chi connectivity index (χ3n) is 3.42. The molecule has 1 aromatic rings. The van der Waals surface area contributed by atoms with Crippen molar-refractivity contribution in [2.75, 3.05) is 19.6 Å². The van der Waals surface area contributed by atoms with E-state index in [0.717, 1.165) is 25.9 Å². The molecule has 2 heterocycles. The van der Waals surface area contributed by atoms with Crippen LogP contribution >= 0.6 is 0 Å². The first-order valence-corrected chi connectivity index (χ1v) is 8.19. The van der Waals surface area contributed by atoms with E-state index in [1.54, 1.807) is 18.7 Å². The molecule has 1 aromatic heterocycles. The Morgan fingerprint density at radius 2 is 2.00 bits per heavy atom. The number of aromatic nitrogens is 2. The molecule has 0 bridgehead atoms. The molecule has 0 spiro atoms. The summed E-state index contributed by atoms with van der Waals surface area (Å²) in [6.45, 7) is 4.97. The average molecular weight is 300 g/mol. The van der Waals surface area contributed by atoms with Gasteiger partial charge in [-0.3, -0.25) is 9.89 Å². The molecule has 7 nitrogen and oxygen atoms in total. The average Bonchev–Trinajstić information content (AvgIpc) is 2.99. The maximum absolute atomic E-state index is 12.1. The number of rotatable bonds is 5. The van der Waals surface area contributed by atoms with Crippen LogP contribution in [-0.4, -0.2) is 49.1 Å². The Hall–Kier alpha value is -1.41. The summed E-state index contributed by atoms with van der Waals surface area (Å²) >= 11 is 0. The first-order chi connectivity index (χ1) is 9.42. The highest BCUT2D eigenvalue weighted by Gasteiger charge is 2.23. The van der Waals surface area contributed by atoms with E-state index in [4.69, 9.17) is 0 Å². The molecule has 0 unspecified atom stereocenters. The third kappa shape index (κ3) is 3.18. The molecule has 1 amide bonds. The summed E-state index contributed by atoms with van der Waals surface area (Å²) in [5.41, 5.74) is 0.932. The minimum absolute atomic E-state index is 0.00541. The van der Waals surface area contributed by atoms with E-state index in [1.807, 2.05) is 0 Å². The molecule has 0 saturated carbocycles. The summed E-state index contributed by atoms with van der Waals surface area (Å²) in [4.78, 5) is 13.8. The molecule has 2 N–H and O–H groups in total. The fraction of sp³-hybridized carbons (Fsp3) is 0.667. The Bertz CT molecular complexity index is 568. The number of H-pyrrole nitrogens is 1. The summed E-state index contributed by atoms with van der Waals surface area (Å²) in [6.07, 6.45) is 2.25. The number of aryl methyl sites for hydroxylation is 2. The third-order valence-corrected chi connectivity index (χ3v) is 5.14. The number of sulfonamides is 1. The van der Waals surface area contributed by atoms with Crippen LogP contribution in [0.1, 0.15) is 30.7 Å². The Balaban J connectivity index is 1.91. The van der Waals surface area contributed by atoms with Gasteiger partial charge in [0, 0.05) is 26.1 Å². The van der Waals surface area contributed by atoms with Crippen molar-refractivity contribution < 1.29 is 13.2 Å². The highest BCUT2D eigenvalue weighted by atomic mass is 32.2. The van der Waals surface area contributed by atoms with Gasteiger partial charge in [0.2, 0.25) is 15.9 Å². The van der Waals surface area contributed by atoms with Gasteiger partial charge in [-0.2, -0.15) is 5.10 Å². The summed E-state index contributed by atoms with van der Waals surface area (Å²) in [5.74, 6) is 0.00541. The lowest BCUT2D eigenvalue weighted by molar-refractivity contribution is -0.129. The van der Waals surface area contributed by atoms with Crippen LogP contribution in [-0.2, 0) is 14.8 Å². The SMILES string of the molecule is Cc1n[nH]c(C)c1S(=O)(=O)NCCC(=O)N1CCCC1. The second kappa shape index (κ2) is 5.92. The van der Waals surface area contributed by atoms with Crippen molar-refractivity contribution in [1.29, 1.82) is 0 Å². The van der Waals surface area contributed by atoms with E-state index in [0.29, 0.717) is 11.4 Å². The number of likely N-dealkylation sites (tertiary alicyclic amines) is 1. The summed E-state index contributed by atoms with van der Waals surface area (Å²) in [5, 5.41) is 6.51. The van der Waals surface area contributed by atoms with E-state index in [-0.39, 0.29) is 23.8 Å². The predicted molar refractivity (Wildman–Crippen MR) is 73.7 cm³/mol. The fourth-order valence-electron chi connectivity index (χ4n) is 2.43. The fourth-order valence-corrected chi connectivity index (χ4v) is 3.82. The van der Waals surface area contributed by atoms with Crippen LogP contribution in [0.2, 0.25) is 0 Å². The van der Waals surface area contributed by atoms with Crippen LogP contribution < -0.4 is 4.72 Å². The zero-order chi connectivity index (χ0) is 14.8. The van der Waals surface area contributed by atoms with Crippen molar-refractivity contribution in [3.63, 3.8) is 0 Å². The quantitative estimate of drug-likeness (QED) is 0.818. The number of carbonyl (C=O) groups excluding carboxylic acids is 1. The van der Waals surface area contributed by atoms with Gasteiger partial charge in [0.05, 0.1) is 11.4 Å². The maximum atomic E-state index is 12.1. The molecule has 112 valence electrons. The monoisotopic (exact) mass is 300 g/mol. The summed E-state index contributed by atoms with van der Waals surface area (Å²) in [6, 6.07) is 0. The highest BCUT2D eigenvalue weighted by molar-refractivity contribution is 7.89. The van der Waals surface area contributed by atoms with Crippen molar-refractivity contribution in [2.45, 2.75) is 38.0 Å². The minimum Gasteiger partial charge on any atom is -0.343 e. The van der Waals surface area contributed by atoms with Crippen LogP contribution in [0.5, 0.6) is 0 Å². The topological polar surface area (TPSA) is 95.2 Å². The van der Waals surface area contributed by atoms with Crippen molar-refractivity contribution in [1.82, 2.24) is 19.8 Å². The Kier molecular flexibility index (Phi) is 4.44. The van der Waals surface area contributed by atoms with Crippen LogP contribution in [0.25, 0.3) is 0 Å². The smallest absolute Gasteiger partial charge is 0.244 e. The molecule has 2 rings (SSSR count). The number of carbonyl (C=O) groups is 1. The van der Waals surface area contributed by atoms with Crippen LogP contribution in [0.15, 0.2) is 4.90 Å². The zero-order valence-electron chi connectivity index (χ0n) is 11.8. The number of nitrogens with one attached hydrogen (secondary N) is 2. The van der Waals surface area contributed by atoms with Gasteiger partial charge < -0.3 is 4.90 Å². The molecule has 1 aliphatic heterocycles. The summed E-state index contributed by atoms with van der Waals surface area (Å²) < 4.78 is 26.7. The molecule has 0 aromatic carbocycles. The van der Waals surface area contributed by atoms with Crippen molar-refractivity contribution in [2.24, 2.45) is 0 Å². The van der Waals surface area contributed by atoms with Crippen LogP contribution in [0, 0.1) is 13.8 Å². The molecular formula is C12H20N4O3S. The molecule has 1 aliphatic rings. The van der Waals surface area contributed by atoms with Gasteiger partial charge in [-0.05, 0) is 26.7 Å². The molecule has 8 heteroatoms. The van der Waals surface area contributed by atoms with Gasteiger partial charge in [0.1, 0.15) is 4.90 Å². The van der Waals surface area contributed by atoms with Crippen molar-refractivity contribution in [3.05, 3.63) is 11.4 Å².